The number of hydrogen-bond donors (Lipinski definition) is 1. The van der Waals surface area contributed by atoms with E-state index in [9.17, 15) is 0 Å². The van der Waals surface area contributed by atoms with Crippen molar-refractivity contribution < 1.29 is 9.84 Å². The molecule has 0 saturated carbocycles. The summed E-state index contributed by atoms with van der Waals surface area (Å²) in [5.74, 6) is 0.872. The second-order valence-electron chi connectivity index (χ2n) is 5.30. The lowest BCUT2D eigenvalue weighted by Crippen LogP contribution is -1.94. The molecule has 0 aliphatic heterocycles. The van der Waals surface area contributed by atoms with Crippen molar-refractivity contribution in [2.24, 2.45) is 0 Å². The van der Waals surface area contributed by atoms with Gasteiger partial charge in [0.05, 0.1) is 24.4 Å². The molecule has 0 spiro atoms. The molecule has 0 fully saturated rings. The van der Waals surface area contributed by atoms with Crippen LogP contribution < -0.4 is 4.74 Å². The summed E-state index contributed by atoms with van der Waals surface area (Å²) >= 11 is 0. The molecule has 1 N–H and O–H groups in total. The fourth-order valence-corrected chi connectivity index (χ4v) is 2.58. The van der Waals surface area contributed by atoms with Crippen LogP contribution in [0.15, 0.2) is 48.5 Å². The summed E-state index contributed by atoms with van der Waals surface area (Å²) in [5, 5.41) is 10.2. The molecule has 0 aliphatic carbocycles. The minimum absolute atomic E-state index is 0.0601. The molecule has 1 heterocycles. The Hall–Kier alpha value is -2.39. The number of pyridine rings is 1. The van der Waals surface area contributed by atoms with Gasteiger partial charge in [0.1, 0.15) is 5.75 Å². The second-order valence-corrected chi connectivity index (χ2v) is 5.30. The van der Waals surface area contributed by atoms with E-state index in [1.807, 2.05) is 49.4 Å². The van der Waals surface area contributed by atoms with Gasteiger partial charge in [0, 0.05) is 10.9 Å². The molecule has 112 valence electrons. The van der Waals surface area contributed by atoms with Crippen molar-refractivity contribution in [2.75, 3.05) is 6.61 Å². The Labute approximate surface area is 130 Å². The number of benzene rings is 2. The van der Waals surface area contributed by atoms with E-state index in [0.29, 0.717) is 6.61 Å². The smallest absolute Gasteiger partial charge is 0.120 e. The molecule has 3 rings (SSSR count). The van der Waals surface area contributed by atoms with Gasteiger partial charge in [-0.2, -0.15) is 0 Å². The Balaban J connectivity index is 2.06. The van der Waals surface area contributed by atoms with Crippen LogP contribution in [0.1, 0.15) is 18.1 Å². The van der Waals surface area contributed by atoms with Crippen molar-refractivity contribution in [3.05, 3.63) is 59.7 Å². The summed E-state index contributed by atoms with van der Waals surface area (Å²) in [7, 11) is 0. The fraction of sp³-hybridized carbons (Fsp3) is 0.211. The van der Waals surface area contributed by atoms with Gasteiger partial charge >= 0.3 is 0 Å². The van der Waals surface area contributed by atoms with Crippen molar-refractivity contribution in [2.45, 2.75) is 20.5 Å². The lowest BCUT2D eigenvalue weighted by Gasteiger charge is -2.10. The van der Waals surface area contributed by atoms with Crippen molar-refractivity contribution in [1.82, 2.24) is 4.98 Å². The highest BCUT2D eigenvalue weighted by molar-refractivity contribution is 5.84. The van der Waals surface area contributed by atoms with Gasteiger partial charge in [-0.15, -0.1) is 0 Å². The van der Waals surface area contributed by atoms with Crippen LogP contribution >= 0.6 is 0 Å². The maximum Gasteiger partial charge on any atom is 0.120 e. The summed E-state index contributed by atoms with van der Waals surface area (Å²) < 4.78 is 5.54. The molecule has 0 amide bonds. The first-order chi connectivity index (χ1) is 10.7. The van der Waals surface area contributed by atoms with Crippen LogP contribution in [-0.4, -0.2) is 16.7 Å². The molecule has 0 atom stereocenters. The van der Waals surface area contributed by atoms with E-state index in [4.69, 9.17) is 14.8 Å². The van der Waals surface area contributed by atoms with E-state index in [1.165, 1.54) is 0 Å². The lowest BCUT2D eigenvalue weighted by atomic mass is 10.0. The molecule has 0 saturated heterocycles. The molecule has 3 nitrogen and oxygen atoms in total. The summed E-state index contributed by atoms with van der Waals surface area (Å²) in [6.07, 6.45) is 0. The average molecular weight is 293 g/mol. The fourth-order valence-electron chi connectivity index (χ4n) is 2.58. The molecule has 0 unspecified atom stereocenters. The first-order valence-electron chi connectivity index (χ1n) is 7.45. The largest absolute Gasteiger partial charge is 0.494 e. The zero-order valence-corrected chi connectivity index (χ0v) is 12.8. The van der Waals surface area contributed by atoms with Gasteiger partial charge in [-0.05, 0) is 49.2 Å². The molecular formula is C19H19NO2. The number of aryl methyl sites for hydroxylation is 1. The van der Waals surface area contributed by atoms with E-state index in [1.54, 1.807) is 0 Å². The first kappa shape index (κ1) is 14.5. The van der Waals surface area contributed by atoms with Gasteiger partial charge in [-0.1, -0.05) is 24.3 Å². The van der Waals surface area contributed by atoms with Gasteiger partial charge < -0.3 is 9.84 Å². The molecule has 2 aromatic carbocycles. The normalized spacial score (nSPS) is 10.9. The highest BCUT2D eigenvalue weighted by atomic mass is 16.5. The van der Waals surface area contributed by atoms with E-state index in [0.717, 1.165) is 39.0 Å². The van der Waals surface area contributed by atoms with Gasteiger partial charge in [0.25, 0.3) is 0 Å². The molecule has 3 aromatic rings. The lowest BCUT2D eigenvalue weighted by molar-refractivity contribution is 0.282. The minimum atomic E-state index is 0.0601. The third-order valence-electron chi connectivity index (χ3n) is 3.70. The number of ether oxygens (including phenoxy) is 1. The standard InChI is InChI=1S/C19H19NO2/c1-3-22-17-8-9-18-16(11-17)10-13(2)19(20-18)15-6-4-14(12-21)5-7-15/h4-11,21H,3,12H2,1-2H3. The number of aromatic nitrogens is 1. The summed E-state index contributed by atoms with van der Waals surface area (Å²) in [4.78, 5) is 4.78. The zero-order chi connectivity index (χ0) is 15.5. The van der Waals surface area contributed by atoms with Crippen LogP contribution in [-0.2, 0) is 6.61 Å². The highest BCUT2D eigenvalue weighted by Gasteiger charge is 2.07. The number of fused-ring (bicyclic) bond motifs is 1. The van der Waals surface area contributed by atoms with Crippen LogP contribution in [0, 0.1) is 6.92 Å². The number of aliphatic hydroxyl groups excluding tert-OH is 1. The SMILES string of the molecule is CCOc1ccc2nc(-c3ccc(CO)cc3)c(C)cc2c1. The van der Waals surface area contributed by atoms with Crippen molar-refractivity contribution in [3.8, 4) is 17.0 Å². The van der Waals surface area contributed by atoms with Crippen molar-refractivity contribution >= 4 is 10.9 Å². The van der Waals surface area contributed by atoms with E-state index >= 15 is 0 Å². The zero-order valence-electron chi connectivity index (χ0n) is 12.8. The molecule has 22 heavy (non-hydrogen) atoms. The number of aliphatic hydroxyl groups is 1. The van der Waals surface area contributed by atoms with Crippen LogP contribution in [0.25, 0.3) is 22.2 Å². The van der Waals surface area contributed by atoms with Crippen LogP contribution in [0.5, 0.6) is 5.75 Å². The van der Waals surface area contributed by atoms with Crippen LogP contribution in [0.4, 0.5) is 0 Å². The summed E-state index contributed by atoms with van der Waals surface area (Å²) in [6.45, 7) is 4.76. The average Bonchev–Trinajstić information content (AvgIpc) is 2.54. The molecule has 1 aromatic heterocycles. The molecule has 3 heteroatoms. The maximum absolute atomic E-state index is 9.14. The summed E-state index contributed by atoms with van der Waals surface area (Å²) in [6, 6.07) is 16.0. The topological polar surface area (TPSA) is 42.4 Å². The molecule has 0 bridgehead atoms. The van der Waals surface area contributed by atoms with Gasteiger partial charge in [0.15, 0.2) is 0 Å². The quantitative estimate of drug-likeness (QED) is 0.787. The predicted molar refractivity (Wildman–Crippen MR) is 89.0 cm³/mol. The van der Waals surface area contributed by atoms with Crippen molar-refractivity contribution in [1.29, 1.82) is 0 Å². The molecule has 0 aliphatic rings. The summed E-state index contributed by atoms with van der Waals surface area (Å²) in [5.41, 5.74) is 5.02. The Morgan fingerprint density at radius 1 is 1.05 bits per heavy atom. The molecular weight excluding hydrogens is 274 g/mol. The number of hydrogen-bond acceptors (Lipinski definition) is 3. The maximum atomic E-state index is 9.14. The first-order valence-corrected chi connectivity index (χ1v) is 7.45. The van der Waals surface area contributed by atoms with Crippen LogP contribution in [0.3, 0.4) is 0 Å². The van der Waals surface area contributed by atoms with Gasteiger partial charge in [0.2, 0.25) is 0 Å². The minimum Gasteiger partial charge on any atom is -0.494 e. The highest BCUT2D eigenvalue weighted by Crippen LogP contribution is 2.27. The predicted octanol–water partition coefficient (Wildman–Crippen LogP) is 4.10. The Bertz CT molecular complexity index is 794. The Kier molecular flexibility index (Phi) is 4.07. The van der Waals surface area contributed by atoms with Gasteiger partial charge in [-0.25, -0.2) is 4.98 Å². The molecule has 0 radical (unpaired) electrons. The van der Waals surface area contributed by atoms with Crippen LogP contribution in [0.2, 0.25) is 0 Å². The Morgan fingerprint density at radius 2 is 1.82 bits per heavy atom. The monoisotopic (exact) mass is 293 g/mol. The number of rotatable bonds is 4. The third kappa shape index (κ3) is 2.81. The Morgan fingerprint density at radius 3 is 2.50 bits per heavy atom. The number of nitrogens with zero attached hydrogens (tertiary/aromatic N) is 1. The van der Waals surface area contributed by atoms with E-state index < -0.39 is 0 Å². The van der Waals surface area contributed by atoms with E-state index in [2.05, 4.69) is 13.0 Å². The van der Waals surface area contributed by atoms with E-state index in [-0.39, 0.29) is 6.61 Å². The second kappa shape index (κ2) is 6.16. The van der Waals surface area contributed by atoms with Gasteiger partial charge in [-0.3, -0.25) is 0 Å². The third-order valence-corrected chi connectivity index (χ3v) is 3.70. The van der Waals surface area contributed by atoms with Crippen molar-refractivity contribution in [3.63, 3.8) is 0 Å².